The molecule has 0 radical (unpaired) electrons. The van der Waals surface area contributed by atoms with E-state index in [-0.39, 0.29) is 12.0 Å². The molecule has 2 aromatic rings. The molecule has 1 N–H and O–H groups in total. The van der Waals surface area contributed by atoms with Crippen molar-refractivity contribution in [3.63, 3.8) is 0 Å². The lowest BCUT2D eigenvalue weighted by Crippen LogP contribution is -2.06. The number of aromatic nitrogens is 2. The van der Waals surface area contributed by atoms with Gasteiger partial charge in [0.15, 0.2) is 0 Å². The van der Waals surface area contributed by atoms with E-state index in [1.54, 1.807) is 0 Å². The van der Waals surface area contributed by atoms with E-state index >= 15 is 0 Å². The molecule has 0 fully saturated rings. The first kappa shape index (κ1) is 11.6. The number of rotatable bonds is 3. The molecule has 3 nitrogen and oxygen atoms in total. The van der Waals surface area contributed by atoms with Crippen LogP contribution in [-0.2, 0) is 6.42 Å². The SMILES string of the molecule is OC(Cc1cc(F)ccc1F)c1ccncn1. The van der Waals surface area contributed by atoms with Crippen molar-refractivity contribution in [1.29, 1.82) is 0 Å². The van der Waals surface area contributed by atoms with Gasteiger partial charge in [-0.05, 0) is 29.8 Å². The summed E-state index contributed by atoms with van der Waals surface area (Å²) in [4.78, 5) is 7.56. The van der Waals surface area contributed by atoms with Crippen molar-refractivity contribution in [3.8, 4) is 0 Å². The Morgan fingerprint density at radius 2 is 2.06 bits per heavy atom. The molecular weight excluding hydrogens is 226 g/mol. The zero-order valence-electron chi connectivity index (χ0n) is 8.85. The largest absolute Gasteiger partial charge is 0.386 e. The Balaban J connectivity index is 2.18. The second-order valence-corrected chi connectivity index (χ2v) is 3.59. The van der Waals surface area contributed by atoms with Crippen molar-refractivity contribution in [2.24, 2.45) is 0 Å². The predicted molar refractivity (Wildman–Crippen MR) is 57.1 cm³/mol. The number of benzene rings is 1. The van der Waals surface area contributed by atoms with E-state index in [1.165, 1.54) is 18.6 Å². The minimum Gasteiger partial charge on any atom is -0.386 e. The molecule has 17 heavy (non-hydrogen) atoms. The first-order chi connectivity index (χ1) is 8.16. The average molecular weight is 236 g/mol. The van der Waals surface area contributed by atoms with E-state index in [4.69, 9.17) is 0 Å². The van der Waals surface area contributed by atoms with Gasteiger partial charge in [0, 0.05) is 12.6 Å². The number of halogens is 2. The highest BCUT2D eigenvalue weighted by atomic mass is 19.1. The fourth-order valence-corrected chi connectivity index (χ4v) is 1.51. The van der Waals surface area contributed by atoms with Gasteiger partial charge in [-0.25, -0.2) is 18.7 Å². The molecule has 0 aliphatic heterocycles. The molecule has 1 aromatic heterocycles. The fourth-order valence-electron chi connectivity index (χ4n) is 1.51. The third kappa shape index (κ3) is 2.82. The summed E-state index contributed by atoms with van der Waals surface area (Å²) in [5, 5.41) is 9.81. The molecule has 0 spiro atoms. The first-order valence-corrected chi connectivity index (χ1v) is 5.04. The van der Waals surface area contributed by atoms with Crippen molar-refractivity contribution in [2.75, 3.05) is 0 Å². The Hall–Kier alpha value is -1.88. The van der Waals surface area contributed by atoms with Gasteiger partial charge in [-0.2, -0.15) is 0 Å². The number of aliphatic hydroxyl groups is 1. The summed E-state index contributed by atoms with van der Waals surface area (Å²) in [6.07, 6.45) is 1.77. The smallest absolute Gasteiger partial charge is 0.126 e. The van der Waals surface area contributed by atoms with E-state index in [1.807, 2.05) is 0 Å². The van der Waals surface area contributed by atoms with Crippen LogP contribution >= 0.6 is 0 Å². The van der Waals surface area contributed by atoms with E-state index in [0.717, 1.165) is 18.2 Å². The Kier molecular flexibility index (Phi) is 3.39. The number of nitrogens with zero attached hydrogens (tertiary/aromatic N) is 2. The topological polar surface area (TPSA) is 46.0 Å². The summed E-state index contributed by atoms with van der Waals surface area (Å²) < 4.78 is 26.3. The molecule has 0 aliphatic rings. The lowest BCUT2D eigenvalue weighted by atomic mass is 10.0. The maximum Gasteiger partial charge on any atom is 0.126 e. The van der Waals surface area contributed by atoms with E-state index in [0.29, 0.717) is 5.69 Å². The highest BCUT2D eigenvalue weighted by Gasteiger charge is 2.13. The monoisotopic (exact) mass is 236 g/mol. The normalized spacial score (nSPS) is 12.4. The second-order valence-electron chi connectivity index (χ2n) is 3.59. The average Bonchev–Trinajstić information content (AvgIpc) is 2.35. The highest BCUT2D eigenvalue weighted by molar-refractivity contribution is 5.21. The van der Waals surface area contributed by atoms with Gasteiger partial charge in [-0.1, -0.05) is 0 Å². The maximum atomic E-state index is 13.3. The van der Waals surface area contributed by atoms with Gasteiger partial charge in [0.1, 0.15) is 24.1 Å². The molecule has 0 saturated heterocycles. The molecule has 1 atom stereocenters. The molecule has 1 aromatic carbocycles. The van der Waals surface area contributed by atoms with Crippen LogP contribution in [0.2, 0.25) is 0 Å². The Bertz CT molecular complexity index is 505. The minimum atomic E-state index is -0.978. The molecule has 0 bridgehead atoms. The van der Waals surface area contributed by atoms with Crippen LogP contribution in [0.1, 0.15) is 17.4 Å². The van der Waals surface area contributed by atoms with Crippen LogP contribution in [0.25, 0.3) is 0 Å². The van der Waals surface area contributed by atoms with Crippen molar-refractivity contribution < 1.29 is 13.9 Å². The van der Waals surface area contributed by atoms with Crippen LogP contribution in [-0.4, -0.2) is 15.1 Å². The van der Waals surface area contributed by atoms with Gasteiger partial charge >= 0.3 is 0 Å². The molecule has 2 rings (SSSR count). The van der Waals surface area contributed by atoms with Gasteiger partial charge in [-0.15, -0.1) is 0 Å². The van der Waals surface area contributed by atoms with Gasteiger partial charge in [-0.3, -0.25) is 0 Å². The lowest BCUT2D eigenvalue weighted by Gasteiger charge is -2.10. The molecule has 88 valence electrons. The number of hydrogen-bond acceptors (Lipinski definition) is 3. The quantitative estimate of drug-likeness (QED) is 0.886. The molecule has 5 heteroatoms. The van der Waals surface area contributed by atoms with Crippen molar-refractivity contribution in [2.45, 2.75) is 12.5 Å². The Morgan fingerprint density at radius 1 is 1.24 bits per heavy atom. The third-order valence-electron chi connectivity index (χ3n) is 2.37. The van der Waals surface area contributed by atoms with Crippen LogP contribution in [0.15, 0.2) is 36.8 Å². The standard InChI is InChI=1S/C12H10F2N2O/c13-9-1-2-10(14)8(5-9)6-12(17)11-3-4-15-7-16-11/h1-5,7,12,17H,6H2. The molecule has 0 aliphatic carbocycles. The van der Waals surface area contributed by atoms with Gasteiger partial charge in [0.05, 0.1) is 5.69 Å². The predicted octanol–water partition coefficient (Wildman–Crippen LogP) is 2.03. The van der Waals surface area contributed by atoms with Gasteiger partial charge in [0.25, 0.3) is 0 Å². The van der Waals surface area contributed by atoms with Crippen molar-refractivity contribution in [3.05, 3.63) is 59.7 Å². The lowest BCUT2D eigenvalue weighted by molar-refractivity contribution is 0.172. The first-order valence-electron chi connectivity index (χ1n) is 5.04. The minimum absolute atomic E-state index is 0.0272. The summed E-state index contributed by atoms with van der Waals surface area (Å²) in [6, 6.07) is 4.68. The van der Waals surface area contributed by atoms with E-state index in [2.05, 4.69) is 9.97 Å². The summed E-state index contributed by atoms with van der Waals surface area (Å²) in [5.41, 5.74) is 0.500. The fraction of sp³-hybridized carbons (Fsp3) is 0.167. The summed E-state index contributed by atoms with van der Waals surface area (Å²) in [6.45, 7) is 0. The zero-order valence-corrected chi connectivity index (χ0v) is 8.85. The van der Waals surface area contributed by atoms with Crippen LogP contribution in [0.3, 0.4) is 0 Å². The summed E-state index contributed by atoms with van der Waals surface area (Å²) in [7, 11) is 0. The van der Waals surface area contributed by atoms with Gasteiger partial charge in [0.2, 0.25) is 0 Å². The Morgan fingerprint density at radius 3 is 2.76 bits per heavy atom. The molecule has 0 amide bonds. The molecule has 1 heterocycles. The van der Waals surface area contributed by atoms with Crippen molar-refractivity contribution in [1.82, 2.24) is 9.97 Å². The van der Waals surface area contributed by atoms with E-state index in [9.17, 15) is 13.9 Å². The number of aliphatic hydroxyl groups excluding tert-OH is 1. The van der Waals surface area contributed by atoms with Crippen LogP contribution in [0.5, 0.6) is 0 Å². The molecule has 0 saturated carbocycles. The third-order valence-corrected chi connectivity index (χ3v) is 2.37. The van der Waals surface area contributed by atoms with Crippen LogP contribution < -0.4 is 0 Å². The highest BCUT2D eigenvalue weighted by Crippen LogP contribution is 2.18. The van der Waals surface area contributed by atoms with Crippen LogP contribution in [0.4, 0.5) is 8.78 Å². The zero-order chi connectivity index (χ0) is 12.3. The molecule has 1 unspecified atom stereocenters. The van der Waals surface area contributed by atoms with Crippen molar-refractivity contribution >= 4 is 0 Å². The van der Waals surface area contributed by atoms with Crippen LogP contribution in [0, 0.1) is 11.6 Å². The summed E-state index contributed by atoms with van der Waals surface area (Å²) >= 11 is 0. The number of hydrogen-bond donors (Lipinski definition) is 1. The second kappa shape index (κ2) is 4.97. The maximum absolute atomic E-state index is 13.3. The Labute approximate surface area is 96.8 Å². The van der Waals surface area contributed by atoms with Gasteiger partial charge < -0.3 is 5.11 Å². The molecular formula is C12H10F2N2O. The van der Waals surface area contributed by atoms with E-state index < -0.39 is 17.7 Å². The summed E-state index contributed by atoms with van der Waals surface area (Å²) in [5.74, 6) is -1.07.